The topological polar surface area (TPSA) is 105 Å². The van der Waals surface area contributed by atoms with Crippen molar-refractivity contribution in [1.82, 2.24) is 10.6 Å². The average molecular weight is 483 g/mol. The minimum atomic E-state index is -1.06. The van der Waals surface area contributed by atoms with Crippen molar-refractivity contribution < 1.29 is 24.2 Å². The fourth-order valence-corrected chi connectivity index (χ4v) is 6.12. The van der Waals surface area contributed by atoms with Gasteiger partial charge in [0.15, 0.2) is 0 Å². The first-order valence-electron chi connectivity index (χ1n) is 11.7. The number of aliphatic carboxylic acids is 1. The first-order chi connectivity index (χ1) is 16.4. The Morgan fingerprint density at radius 1 is 1.06 bits per heavy atom. The van der Waals surface area contributed by atoms with Gasteiger partial charge in [0.05, 0.1) is 5.54 Å². The molecule has 4 rings (SSSR count). The molecule has 1 heterocycles. The Morgan fingerprint density at radius 2 is 1.65 bits per heavy atom. The number of rotatable bonds is 8. The Bertz CT molecular complexity index is 1020. The molecule has 2 amide bonds. The Hall–Kier alpha value is -3.00. The van der Waals surface area contributed by atoms with Gasteiger partial charge in [-0.05, 0) is 53.0 Å². The second-order valence-electron chi connectivity index (χ2n) is 8.89. The summed E-state index contributed by atoms with van der Waals surface area (Å²) in [6, 6.07) is 15.4. The molecule has 0 aromatic heterocycles. The van der Waals surface area contributed by atoms with Crippen molar-refractivity contribution in [2.45, 2.75) is 50.1 Å². The second kappa shape index (κ2) is 10.5. The highest BCUT2D eigenvalue weighted by molar-refractivity contribution is 7.99. The number of carbonyl (C=O) groups is 3. The van der Waals surface area contributed by atoms with E-state index in [2.05, 4.69) is 34.9 Å². The quantitative estimate of drug-likeness (QED) is 0.522. The van der Waals surface area contributed by atoms with Gasteiger partial charge in [0.2, 0.25) is 5.91 Å². The standard InChI is InChI=1S/C26H30N2O5S/c1-2-22(24(30)31)27-23(29)15-26(11-13-34-14-12-26)28-25(32)33-16-21-19-9-5-3-7-17(19)18-8-4-6-10-20(18)21/h3-10,21-22H,2,11-16H2,1H3,(H,27,29)(H,28,32)(H,30,31)/t22-/m0/s1. The summed E-state index contributed by atoms with van der Waals surface area (Å²) in [6.45, 7) is 1.91. The lowest BCUT2D eigenvalue weighted by Gasteiger charge is -2.37. The molecule has 1 fully saturated rings. The van der Waals surface area contributed by atoms with Crippen molar-refractivity contribution >= 4 is 29.7 Å². The van der Waals surface area contributed by atoms with Gasteiger partial charge in [-0.3, -0.25) is 4.79 Å². The summed E-state index contributed by atoms with van der Waals surface area (Å²) in [7, 11) is 0. The zero-order chi connectivity index (χ0) is 24.1. The van der Waals surface area contributed by atoms with E-state index in [1.807, 2.05) is 24.3 Å². The molecule has 2 aromatic rings. The van der Waals surface area contributed by atoms with E-state index in [1.54, 1.807) is 18.7 Å². The molecule has 1 aliphatic heterocycles. The SMILES string of the molecule is CC[C@H](NC(=O)CC1(NC(=O)OCC2c3ccccc3-c3ccccc32)CCSCC1)C(=O)O. The Morgan fingerprint density at radius 3 is 2.21 bits per heavy atom. The van der Waals surface area contributed by atoms with Gasteiger partial charge >= 0.3 is 12.1 Å². The Labute approximate surface area is 203 Å². The maximum atomic E-state index is 12.9. The van der Waals surface area contributed by atoms with Gasteiger partial charge in [-0.25, -0.2) is 9.59 Å². The number of hydrogen-bond donors (Lipinski definition) is 3. The molecule has 2 aliphatic rings. The van der Waals surface area contributed by atoms with E-state index in [4.69, 9.17) is 4.74 Å². The van der Waals surface area contributed by atoms with Gasteiger partial charge in [-0.1, -0.05) is 55.5 Å². The predicted molar refractivity (Wildman–Crippen MR) is 132 cm³/mol. The molecular weight excluding hydrogens is 452 g/mol. The van der Waals surface area contributed by atoms with E-state index in [0.29, 0.717) is 19.3 Å². The largest absolute Gasteiger partial charge is 0.480 e. The van der Waals surface area contributed by atoms with Crippen LogP contribution in [0.3, 0.4) is 0 Å². The molecule has 3 N–H and O–H groups in total. The number of carboxylic acid groups (broad SMARTS) is 1. The number of hydrogen-bond acceptors (Lipinski definition) is 5. The summed E-state index contributed by atoms with van der Waals surface area (Å²) in [5, 5.41) is 14.8. The number of carboxylic acids is 1. The van der Waals surface area contributed by atoms with Gasteiger partial charge in [-0.15, -0.1) is 0 Å². The van der Waals surface area contributed by atoms with Crippen LogP contribution in [0.5, 0.6) is 0 Å². The van der Waals surface area contributed by atoms with E-state index < -0.39 is 23.6 Å². The molecule has 0 saturated carbocycles. The van der Waals surface area contributed by atoms with Crippen LogP contribution in [0.1, 0.15) is 49.7 Å². The van der Waals surface area contributed by atoms with E-state index in [-0.39, 0.29) is 24.9 Å². The highest BCUT2D eigenvalue weighted by atomic mass is 32.2. The van der Waals surface area contributed by atoms with Crippen LogP contribution in [0, 0.1) is 0 Å². The van der Waals surface area contributed by atoms with Crippen molar-refractivity contribution in [3.05, 3.63) is 59.7 Å². The Balaban J connectivity index is 1.42. The summed E-state index contributed by atoms with van der Waals surface area (Å²) in [4.78, 5) is 36.8. The lowest BCUT2D eigenvalue weighted by Crippen LogP contribution is -2.54. The maximum absolute atomic E-state index is 12.9. The van der Waals surface area contributed by atoms with Crippen LogP contribution in [0.15, 0.2) is 48.5 Å². The lowest BCUT2D eigenvalue weighted by atomic mass is 9.88. The third-order valence-corrected chi connectivity index (χ3v) is 7.69. The number of fused-ring (bicyclic) bond motifs is 3. The number of alkyl carbamates (subject to hydrolysis) is 1. The predicted octanol–water partition coefficient (Wildman–Crippen LogP) is 4.16. The van der Waals surface area contributed by atoms with Crippen LogP contribution in [0.25, 0.3) is 11.1 Å². The van der Waals surface area contributed by atoms with E-state index >= 15 is 0 Å². The molecule has 0 spiro atoms. The molecule has 1 saturated heterocycles. The van der Waals surface area contributed by atoms with E-state index in [0.717, 1.165) is 33.8 Å². The lowest BCUT2D eigenvalue weighted by molar-refractivity contribution is -0.142. The molecule has 0 radical (unpaired) electrons. The molecule has 0 unspecified atom stereocenters. The molecule has 1 aliphatic carbocycles. The highest BCUT2D eigenvalue weighted by Crippen LogP contribution is 2.44. The molecule has 8 heteroatoms. The van der Waals surface area contributed by atoms with Crippen LogP contribution >= 0.6 is 11.8 Å². The third-order valence-electron chi connectivity index (χ3n) is 6.70. The second-order valence-corrected chi connectivity index (χ2v) is 10.1. The fraction of sp³-hybridized carbons (Fsp3) is 0.423. The molecule has 7 nitrogen and oxygen atoms in total. The zero-order valence-corrected chi connectivity index (χ0v) is 20.0. The van der Waals surface area contributed by atoms with Crippen molar-refractivity contribution in [3.8, 4) is 11.1 Å². The van der Waals surface area contributed by atoms with Crippen LogP contribution < -0.4 is 10.6 Å². The molecular formula is C26H30N2O5S. The summed E-state index contributed by atoms with van der Waals surface area (Å²) < 4.78 is 5.71. The Kier molecular flexibility index (Phi) is 7.46. The molecule has 34 heavy (non-hydrogen) atoms. The van der Waals surface area contributed by atoms with Gasteiger partial charge in [0.1, 0.15) is 12.6 Å². The average Bonchev–Trinajstić information content (AvgIpc) is 3.15. The molecule has 1 atom stereocenters. The fourth-order valence-electron chi connectivity index (χ4n) is 4.85. The van der Waals surface area contributed by atoms with Crippen molar-refractivity contribution in [3.63, 3.8) is 0 Å². The van der Waals surface area contributed by atoms with Crippen molar-refractivity contribution in [2.75, 3.05) is 18.1 Å². The van der Waals surface area contributed by atoms with Crippen LogP contribution in [-0.4, -0.2) is 52.8 Å². The zero-order valence-electron chi connectivity index (χ0n) is 19.2. The van der Waals surface area contributed by atoms with Gasteiger partial charge in [0.25, 0.3) is 0 Å². The number of carbonyl (C=O) groups excluding carboxylic acids is 2. The number of ether oxygens (including phenoxy) is 1. The molecule has 2 aromatic carbocycles. The van der Waals surface area contributed by atoms with Crippen LogP contribution in [0.2, 0.25) is 0 Å². The first kappa shape index (κ1) is 24.1. The smallest absolute Gasteiger partial charge is 0.407 e. The molecule has 0 bridgehead atoms. The normalized spacial score (nSPS) is 17.2. The number of benzene rings is 2. The van der Waals surface area contributed by atoms with Gasteiger partial charge < -0.3 is 20.5 Å². The summed E-state index contributed by atoms with van der Waals surface area (Å²) in [6.07, 6.45) is 1.02. The van der Waals surface area contributed by atoms with Crippen LogP contribution in [0.4, 0.5) is 4.79 Å². The van der Waals surface area contributed by atoms with Gasteiger partial charge in [0, 0.05) is 12.3 Å². The molecule has 180 valence electrons. The van der Waals surface area contributed by atoms with Crippen molar-refractivity contribution in [2.24, 2.45) is 0 Å². The van der Waals surface area contributed by atoms with E-state index in [1.165, 1.54) is 0 Å². The summed E-state index contributed by atoms with van der Waals surface area (Å²) in [5.41, 5.74) is 3.86. The number of amides is 2. The number of thioether (sulfide) groups is 1. The number of nitrogens with one attached hydrogen (secondary N) is 2. The maximum Gasteiger partial charge on any atom is 0.407 e. The monoisotopic (exact) mass is 482 g/mol. The van der Waals surface area contributed by atoms with Gasteiger partial charge in [-0.2, -0.15) is 11.8 Å². The minimum Gasteiger partial charge on any atom is -0.480 e. The summed E-state index contributed by atoms with van der Waals surface area (Å²) in [5.74, 6) is 0.147. The summed E-state index contributed by atoms with van der Waals surface area (Å²) >= 11 is 1.78. The minimum absolute atomic E-state index is 0.0293. The van der Waals surface area contributed by atoms with Crippen molar-refractivity contribution in [1.29, 1.82) is 0 Å². The highest BCUT2D eigenvalue weighted by Gasteiger charge is 2.38. The third kappa shape index (κ3) is 5.22. The van der Waals surface area contributed by atoms with E-state index in [9.17, 15) is 19.5 Å². The first-order valence-corrected chi connectivity index (χ1v) is 12.8. The van der Waals surface area contributed by atoms with Crippen LogP contribution in [-0.2, 0) is 14.3 Å².